The van der Waals surface area contributed by atoms with Gasteiger partial charge in [0, 0.05) is 10.2 Å². The second-order valence-corrected chi connectivity index (χ2v) is 8.38. The van der Waals surface area contributed by atoms with Crippen LogP contribution >= 0.6 is 27.7 Å². The fourth-order valence-electron chi connectivity index (χ4n) is 2.77. The Kier molecular flexibility index (Phi) is 7.28. The first kappa shape index (κ1) is 22.0. The van der Waals surface area contributed by atoms with Crippen molar-refractivity contribution in [2.75, 3.05) is 19.0 Å². The van der Waals surface area contributed by atoms with Gasteiger partial charge < -0.3 is 25.2 Å². The molecule has 7 nitrogen and oxygen atoms in total. The van der Waals surface area contributed by atoms with Crippen LogP contribution in [0.2, 0.25) is 0 Å². The van der Waals surface area contributed by atoms with Crippen molar-refractivity contribution < 1.29 is 24.2 Å². The third-order valence-corrected chi connectivity index (χ3v) is 6.03. The lowest BCUT2D eigenvalue weighted by Crippen LogP contribution is -2.30. The van der Waals surface area contributed by atoms with Crippen molar-refractivity contribution in [2.24, 2.45) is 0 Å². The minimum Gasteiger partial charge on any atom is -0.493 e. The van der Waals surface area contributed by atoms with Gasteiger partial charge in [-0.2, -0.15) is 0 Å². The summed E-state index contributed by atoms with van der Waals surface area (Å²) in [5.74, 6) is -0.589. The molecule has 3 rings (SSSR count). The maximum Gasteiger partial charge on any atom is 0.341 e. The first-order valence-corrected chi connectivity index (χ1v) is 10.8. The van der Waals surface area contributed by atoms with Gasteiger partial charge in [0.2, 0.25) is 0 Å². The van der Waals surface area contributed by atoms with Crippen molar-refractivity contribution in [1.82, 2.24) is 5.32 Å². The predicted octanol–water partition coefficient (Wildman–Crippen LogP) is 4.08. The molecular weight excluding hydrogens is 472 g/mol. The lowest BCUT2D eigenvalue weighted by atomic mass is 10.1. The van der Waals surface area contributed by atoms with E-state index in [-0.39, 0.29) is 11.4 Å². The van der Waals surface area contributed by atoms with Gasteiger partial charge in [-0.3, -0.25) is 4.79 Å². The van der Waals surface area contributed by atoms with Crippen LogP contribution in [0.1, 0.15) is 18.1 Å². The summed E-state index contributed by atoms with van der Waals surface area (Å²) in [5, 5.41) is 15.0. The van der Waals surface area contributed by atoms with Crippen LogP contribution in [0.25, 0.3) is 6.08 Å². The van der Waals surface area contributed by atoms with Crippen molar-refractivity contribution in [3.05, 3.63) is 56.9 Å². The number of carboxylic acid groups (broad SMARTS) is 1. The van der Waals surface area contributed by atoms with Gasteiger partial charge in [0.05, 0.1) is 12.0 Å². The van der Waals surface area contributed by atoms with E-state index < -0.39 is 12.6 Å². The molecule has 1 heterocycles. The van der Waals surface area contributed by atoms with Crippen LogP contribution < -0.4 is 20.1 Å². The minimum atomic E-state index is -1.08. The van der Waals surface area contributed by atoms with Crippen molar-refractivity contribution in [3.63, 3.8) is 0 Å². The molecule has 1 unspecified atom stereocenters. The molecule has 2 aromatic rings. The number of ether oxygens (including phenoxy) is 2. The third-order valence-electron chi connectivity index (χ3n) is 4.31. The minimum absolute atomic E-state index is 0.181. The number of hydrogen-bond donors (Lipinski definition) is 3. The molecule has 9 heteroatoms. The van der Waals surface area contributed by atoms with Crippen LogP contribution in [0.3, 0.4) is 0 Å². The highest BCUT2D eigenvalue weighted by Crippen LogP contribution is 2.37. The van der Waals surface area contributed by atoms with Crippen LogP contribution in [0.4, 0.5) is 5.69 Å². The Bertz CT molecular complexity index is 978. The zero-order valence-corrected chi connectivity index (χ0v) is 18.8. The lowest BCUT2D eigenvalue weighted by molar-refractivity contribution is -0.139. The van der Waals surface area contributed by atoms with Crippen LogP contribution in [-0.2, 0) is 16.0 Å². The van der Waals surface area contributed by atoms with Gasteiger partial charge in [-0.15, -0.1) is 0 Å². The standard InChI is InChI=1S/C21H21BrN2O5S/c1-3-12-4-6-14(7-5-12)23-21-24-20(27)18(30-21)9-13-8-16(28-2)17(10-15(13)22)29-11-19(25)26/h4-10,21,23H,3,11H2,1-2H3,(H,24,27)(H,25,26). The summed E-state index contributed by atoms with van der Waals surface area (Å²) in [4.78, 5) is 23.7. The van der Waals surface area contributed by atoms with Gasteiger partial charge in [0.25, 0.3) is 5.91 Å². The molecule has 0 spiro atoms. The number of hydrogen-bond acceptors (Lipinski definition) is 6. The number of carboxylic acids is 1. The molecule has 1 atom stereocenters. The van der Waals surface area contributed by atoms with E-state index in [1.807, 2.05) is 12.1 Å². The van der Waals surface area contributed by atoms with Gasteiger partial charge in [-0.1, -0.05) is 46.7 Å². The Balaban J connectivity index is 1.75. The normalized spacial score (nSPS) is 17.0. The molecule has 30 heavy (non-hydrogen) atoms. The number of carbonyl (C=O) groups is 2. The van der Waals surface area contributed by atoms with E-state index >= 15 is 0 Å². The number of methoxy groups -OCH3 is 1. The number of benzene rings is 2. The predicted molar refractivity (Wildman–Crippen MR) is 121 cm³/mol. The molecular formula is C21H21BrN2O5S. The second-order valence-electron chi connectivity index (χ2n) is 6.38. The zero-order chi connectivity index (χ0) is 21.7. The first-order valence-electron chi connectivity index (χ1n) is 9.16. The average molecular weight is 493 g/mol. The van der Waals surface area contributed by atoms with Gasteiger partial charge >= 0.3 is 5.97 Å². The van der Waals surface area contributed by atoms with Crippen LogP contribution in [-0.4, -0.2) is 36.2 Å². The number of aryl methyl sites for hydroxylation is 1. The van der Waals surface area contributed by atoms with Crippen LogP contribution in [0.15, 0.2) is 45.8 Å². The first-order chi connectivity index (χ1) is 14.4. The van der Waals surface area contributed by atoms with E-state index in [2.05, 4.69) is 45.6 Å². The number of amides is 1. The molecule has 158 valence electrons. The van der Waals surface area contributed by atoms with E-state index in [9.17, 15) is 9.59 Å². The van der Waals surface area contributed by atoms with E-state index in [0.29, 0.717) is 26.4 Å². The van der Waals surface area contributed by atoms with E-state index in [1.54, 1.807) is 18.2 Å². The number of rotatable bonds is 8. The zero-order valence-electron chi connectivity index (χ0n) is 16.4. The summed E-state index contributed by atoms with van der Waals surface area (Å²) < 4.78 is 11.2. The van der Waals surface area contributed by atoms with Gasteiger partial charge in [0.15, 0.2) is 23.6 Å². The largest absolute Gasteiger partial charge is 0.493 e. The molecule has 0 aromatic heterocycles. The maximum atomic E-state index is 12.4. The second kappa shape index (κ2) is 9.90. The Morgan fingerprint density at radius 1 is 1.30 bits per heavy atom. The number of carbonyl (C=O) groups excluding carboxylic acids is 1. The molecule has 0 aliphatic carbocycles. The Labute approximate surface area is 187 Å². The molecule has 1 fully saturated rings. The van der Waals surface area contributed by atoms with E-state index in [4.69, 9.17) is 14.6 Å². The van der Waals surface area contributed by atoms with Gasteiger partial charge in [0.1, 0.15) is 0 Å². The highest BCUT2D eigenvalue weighted by Gasteiger charge is 2.27. The van der Waals surface area contributed by atoms with Gasteiger partial charge in [-0.05, 0) is 47.9 Å². The summed E-state index contributed by atoms with van der Waals surface area (Å²) in [6.45, 7) is 1.62. The molecule has 1 aliphatic heterocycles. The van der Waals surface area contributed by atoms with E-state index in [0.717, 1.165) is 12.1 Å². The fraction of sp³-hybridized carbons (Fsp3) is 0.238. The van der Waals surface area contributed by atoms with Crippen molar-refractivity contribution >= 4 is 51.3 Å². The SMILES string of the molecule is CCc1ccc(NC2NC(=O)C(=Cc3cc(OC)c(OCC(=O)O)cc3Br)S2)cc1. The molecule has 0 bridgehead atoms. The molecule has 3 N–H and O–H groups in total. The van der Waals surface area contributed by atoms with Crippen molar-refractivity contribution in [3.8, 4) is 11.5 Å². The number of halogens is 1. The lowest BCUT2D eigenvalue weighted by Gasteiger charge is -2.13. The van der Waals surface area contributed by atoms with Crippen LogP contribution in [0, 0.1) is 0 Å². The quantitative estimate of drug-likeness (QED) is 0.477. The molecule has 0 radical (unpaired) electrons. The Hall–Kier alpha value is -2.65. The third kappa shape index (κ3) is 5.48. The summed E-state index contributed by atoms with van der Waals surface area (Å²) in [6, 6.07) is 11.4. The Morgan fingerprint density at radius 3 is 2.67 bits per heavy atom. The number of anilines is 1. The number of thioether (sulfide) groups is 1. The number of aliphatic carboxylic acids is 1. The van der Waals surface area contributed by atoms with Crippen LogP contribution in [0.5, 0.6) is 11.5 Å². The number of nitrogens with one attached hydrogen (secondary N) is 2. The summed E-state index contributed by atoms with van der Waals surface area (Å²) in [6.07, 6.45) is 2.72. The molecule has 2 aromatic carbocycles. The summed E-state index contributed by atoms with van der Waals surface area (Å²) >= 11 is 4.82. The average Bonchev–Trinajstić information content (AvgIpc) is 3.07. The molecule has 0 saturated carbocycles. The van der Waals surface area contributed by atoms with Crippen molar-refractivity contribution in [1.29, 1.82) is 0 Å². The molecule has 1 amide bonds. The molecule has 1 saturated heterocycles. The highest BCUT2D eigenvalue weighted by atomic mass is 79.9. The van der Waals surface area contributed by atoms with Gasteiger partial charge in [-0.25, -0.2) is 4.79 Å². The molecule has 1 aliphatic rings. The smallest absolute Gasteiger partial charge is 0.341 e. The Morgan fingerprint density at radius 2 is 2.03 bits per heavy atom. The van der Waals surface area contributed by atoms with E-state index in [1.165, 1.54) is 24.4 Å². The maximum absolute atomic E-state index is 12.4. The summed E-state index contributed by atoms with van der Waals surface area (Å²) in [7, 11) is 1.47. The summed E-state index contributed by atoms with van der Waals surface area (Å²) in [5.41, 5.74) is 2.60. The highest BCUT2D eigenvalue weighted by molar-refractivity contribution is 9.10. The fourth-order valence-corrected chi connectivity index (χ4v) is 4.18. The topological polar surface area (TPSA) is 96.9 Å². The van der Waals surface area contributed by atoms with Crippen molar-refractivity contribution in [2.45, 2.75) is 18.8 Å². The monoisotopic (exact) mass is 492 g/mol.